The van der Waals surface area contributed by atoms with Gasteiger partial charge in [-0.15, -0.1) is 0 Å². The van der Waals surface area contributed by atoms with Gasteiger partial charge in [-0.1, -0.05) is 88.6 Å². The fraction of sp³-hybridized carbons (Fsp3) is 1.00. The summed E-state index contributed by atoms with van der Waals surface area (Å²) in [5.41, 5.74) is 0. The summed E-state index contributed by atoms with van der Waals surface area (Å²) in [6.07, 6.45) is 14.1. The minimum Gasteiger partial charge on any atom is -0.503 e. The first-order valence-electron chi connectivity index (χ1n) is 7.87. The average molecular weight is 256 g/mol. The third kappa shape index (κ3) is 12.7. The summed E-state index contributed by atoms with van der Waals surface area (Å²) in [5, 5.41) is 2.82. The minimum atomic E-state index is -0.816. The van der Waals surface area contributed by atoms with Crippen LogP contribution in [0.3, 0.4) is 0 Å². The molecule has 0 aromatic heterocycles. The maximum Gasteiger partial charge on any atom is 0.460 e. The zero-order valence-corrected chi connectivity index (χ0v) is 13.6. The lowest BCUT2D eigenvalue weighted by molar-refractivity contribution is 0.412. The van der Waals surface area contributed by atoms with Crippen LogP contribution in [-0.4, -0.2) is 21.6 Å². The summed E-state index contributed by atoms with van der Waals surface area (Å²) < 4.78 is 5.70. The lowest BCUT2D eigenvalue weighted by Gasteiger charge is -2.09. The molecule has 17 heavy (non-hydrogen) atoms. The Morgan fingerprint density at radius 3 is 1.41 bits per heavy atom. The second-order valence-electron chi connectivity index (χ2n) is 5.26. The van der Waals surface area contributed by atoms with Gasteiger partial charge < -0.3 is 3.79 Å². The van der Waals surface area contributed by atoms with Crippen LogP contribution in [-0.2, 0) is 3.79 Å². The Kier molecular flexibility index (Phi) is 15.0. The molecular weight excluding hydrogens is 223 g/mol. The Morgan fingerprint density at radius 1 is 0.647 bits per heavy atom. The predicted molar refractivity (Wildman–Crippen MR) is 79.9 cm³/mol. The van der Waals surface area contributed by atoms with Crippen LogP contribution in [0.15, 0.2) is 0 Å². The maximum absolute atomic E-state index is 5.70. The predicted octanol–water partition coefficient (Wildman–Crippen LogP) is 5.57. The van der Waals surface area contributed by atoms with Crippen molar-refractivity contribution < 1.29 is 3.79 Å². The standard InChI is InChI=1S/2C7H15.CH3O.Al/c2*1-3-5-7-6-4-2;1-2;/h2*1,3-7H2,2H3;1H3;/q;;-1;+1. The molecule has 0 aliphatic heterocycles. The molecule has 0 amide bonds. The van der Waals surface area contributed by atoms with E-state index >= 15 is 0 Å². The number of hydrogen-bond donors (Lipinski definition) is 0. The van der Waals surface area contributed by atoms with Gasteiger partial charge in [0.15, 0.2) is 0 Å². The molecule has 0 fully saturated rings. The normalized spacial score (nSPS) is 10.8. The number of hydrogen-bond acceptors (Lipinski definition) is 1. The molecule has 1 nitrogen and oxygen atoms in total. The van der Waals surface area contributed by atoms with Crippen LogP contribution in [0.1, 0.15) is 78.1 Å². The van der Waals surface area contributed by atoms with Gasteiger partial charge in [-0.05, 0) is 0 Å². The Balaban J connectivity index is 3.30. The molecule has 0 atom stereocenters. The van der Waals surface area contributed by atoms with Gasteiger partial charge in [-0.25, -0.2) is 0 Å². The largest absolute Gasteiger partial charge is 0.503 e. The van der Waals surface area contributed by atoms with Crippen molar-refractivity contribution in [2.75, 3.05) is 7.11 Å². The van der Waals surface area contributed by atoms with E-state index in [1.54, 1.807) is 0 Å². The molecule has 0 bridgehead atoms. The molecule has 2 heteroatoms. The zero-order chi connectivity index (χ0) is 12.8. The van der Waals surface area contributed by atoms with Gasteiger partial charge in [0.1, 0.15) is 0 Å². The number of unbranched alkanes of at least 4 members (excludes halogenated alkanes) is 8. The summed E-state index contributed by atoms with van der Waals surface area (Å²) in [6.45, 7) is 4.56. The van der Waals surface area contributed by atoms with Crippen molar-refractivity contribution in [1.82, 2.24) is 0 Å². The van der Waals surface area contributed by atoms with Crippen LogP contribution < -0.4 is 0 Å². The van der Waals surface area contributed by atoms with E-state index in [4.69, 9.17) is 3.79 Å². The molecule has 0 unspecified atom stereocenters. The van der Waals surface area contributed by atoms with E-state index in [1.807, 2.05) is 7.11 Å². The molecule has 0 spiro atoms. The SMILES string of the molecule is CCCCCC[CH2][Al]([CH2]CCCCCC)[O]C. The summed E-state index contributed by atoms with van der Waals surface area (Å²) in [6, 6.07) is 0. The molecule has 0 N–H and O–H groups in total. The summed E-state index contributed by atoms with van der Waals surface area (Å²) >= 11 is -0.816. The van der Waals surface area contributed by atoms with Crippen molar-refractivity contribution in [3.63, 3.8) is 0 Å². The molecule has 0 radical (unpaired) electrons. The molecule has 0 aromatic rings. The van der Waals surface area contributed by atoms with Gasteiger partial charge >= 0.3 is 14.5 Å². The molecule has 0 saturated heterocycles. The topological polar surface area (TPSA) is 9.23 Å². The van der Waals surface area contributed by atoms with Crippen LogP contribution in [0.5, 0.6) is 0 Å². The molecule has 0 aromatic carbocycles. The van der Waals surface area contributed by atoms with E-state index in [9.17, 15) is 0 Å². The number of rotatable bonds is 13. The Hall–Kier alpha value is 0.492. The van der Waals surface area contributed by atoms with Crippen molar-refractivity contribution in [2.45, 2.75) is 88.6 Å². The maximum atomic E-state index is 5.70. The van der Waals surface area contributed by atoms with E-state index in [0.717, 1.165) is 0 Å². The molecule has 102 valence electrons. The highest BCUT2D eigenvalue weighted by Crippen LogP contribution is 2.14. The summed E-state index contributed by atoms with van der Waals surface area (Å²) in [7, 11) is 1.94. The Bertz CT molecular complexity index is 125. The highest BCUT2D eigenvalue weighted by molar-refractivity contribution is 6.51. The van der Waals surface area contributed by atoms with Gasteiger partial charge in [-0.3, -0.25) is 0 Å². The molecular formula is C15H33AlO. The lowest BCUT2D eigenvalue weighted by atomic mass is 10.2. The van der Waals surface area contributed by atoms with Crippen LogP contribution >= 0.6 is 0 Å². The monoisotopic (exact) mass is 256 g/mol. The quantitative estimate of drug-likeness (QED) is 0.309. The zero-order valence-electron chi connectivity index (χ0n) is 12.5. The smallest absolute Gasteiger partial charge is 0.460 e. The first-order chi connectivity index (χ1) is 8.35. The van der Waals surface area contributed by atoms with Crippen LogP contribution in [0.4, 0.5) is 0 Å². The molecule has 0 saturated carbocycles. The average Bonchev–Trinajstić information content (AvgIpc) is 2.36. The van der Waals surface area contributed by atoms with Gasteiger partial charge in [0, 0.05) is 7.11 Å². The first-order valence-corrected chi connectivity index (χ1v) is 9.98. The van der Waals surface area contributed by atoms with Crippen molar-refractivity contribution in [1.29, 1.82) is 0 Å². The summed E-state index contributed by atoms with van der Waals surface area (Å²) in [5.74, 6) is 0. The fourth-order valence-corrected chi connectivity index (χ4v) is 4.58. The van der Waals surface area contributed by atoms with E-state index in [1.165, 1.54) is 74.8 Å². The van der Waals surface area contributed by atoms with E-state index in [-0.39, 0.29) is 0 Å². The highest BCUT2D eigenvalue weighted by Gasteiger charge is 2.17. The van der Waals surface area contributed by atoms with Crippen molar-refractivity contribution in [2.24, 2.45) is 0 Å². The Labute approximate surface area is 114 Å². The molecule has 0 rings (SSSR count). The fourth-order valence-electron chi connectivity index (χ4n) is 2.33. The Morgan fingerprint density at radius 2 is 1.06 bits per heavy atom. The first kappa shape index (κ1) is 17.5. The van der Waals surface area contributed by atoms with Gasteiger partial charge in [-0.2, -0.15) is 0 Å². The van der Waals surface area contributed by atoms with Gasteiger partial charge in [0.25, 0.3) is 0 Å². The van der Waals surface area contributed by atoms with Crippen molar-refractivity contribution in [3.05, 3.63) is 0 Å². The van der Waals surface area contributed by atoms with E-state index in [0.29, 0.717) is 0 Å². The van der Waals surface area contributed by atoms with Crippen LogP contribution in [0.2, 0.25) is 10.6 Å². The molecule has 0 aliphatic carbocycles. The van der Waals surface area contributed by atoms with E-state index in [2.05, 4.69) is 13.8 Å². The van der Waals surface area contributed by atoms with Crippen molar-refractivity contribution in [3.8, 4) is 0 Å². The molecule has 0 heterocycles. The minimum absolute atomic E-state index is 0.816. The lowest BCUT2D eigenvalue weighted by Crippen LogP contribution is -2.15. The second kappa shape index (κ2) is 14.6. The van der Waals surface area contributed by atoms with E-state index < -0.39 is 14.5 Å². The van der Waals surface area contributed by atoms with Crippen molar-refractivity contribution >= 4 is 14.5 Å². The second-order valence-corrected chi connectivity index (χ2v) is 8.13. The third-order valence-electron chi connectivity index (χ3n) is 3.59. The van der Waals surface area contributed by atoms with Gasteiger partial charge in [0.2, 0.25) is 0 Å². The van der Waals surface area contributed by atoms with Crippen LogP contribution in [0, 0.1) is 0 Å². The molecule has 0 aliphatic rings. The third-order valence-corrected chi connectivity index (χ3v) is 6.36. The summed E-state index contributed by atoms with van der Waals surface area (Å²) in [4.78, 5) is 0. The highest BCUT2D eigenvalue weighted by atomic mass is 27.2. The van der Waals surface area contributed by atoms with Gasteiger partial charge in [0.05, 0.1) is 0 Å². The van der Waals surface area contributed by atoms with Crippen LogP contribution in [0.25, 0.3) is 0 Å².